The average Bonchev–Trinajstić information content (AvgIpc) is 2.76. The van der Waals surface area contributed by atoms with Gasteiger partial charge < -0.3 is 5.32 Å². The SMILES string of the molecule is [2H]C1([2H])C(=O)c2ncsc2CC12CCNCC2. The Labute approximate surface area is 95.7 Å². The minimum atomic E-state index is -1.77. The molecule has 4 heteroatoms. The molecule has 1 fully saturated rings. The molecule has 0 unspecified atom stereocenters. The monoisotopic (exact) mass is 224 g/mol. The largest absolute Gasteiger partial charge is 0.317 e. The minimum Gasteiger partial charge on any atom is -0.317 e. The molecular formula is C11H14N2OS. The summed E-state index contributed by atoms with van der Waals surface area (Å²) in [6, 6.07) is 0. The molecule has 1 saturated heterocycles. The van der Waals surface area contributed by atoms with Gasteiger partial charge in [0.1, 0.15) is 5.69 Å². The van der Waals surface area contributed by atoms with Crippen LogP contribution in [0.4, 0.5) is 0 Å². The summed E-state index contributed by atoms with van der Waals surface area (Å²) >= 11 is 1.48. The number of thiazole rings is 1. The van der Waals surface area contributed by atoms with Crippen molar-refractivity contribution < 1.29 is 7.54 Å². The van der Waals surface area contributed by atoms with Gasteiger partial charge in [-0.3, -0.25) is 4.79 Å². The van der Waals surface area contributed by atoms with Crippen molar-refractivity contribution in [2.75, 3.05) is 13.1 Å². The first-order valence-electron chi connectivity index (χ1n) is 6.25. The molecule has 2 heterocycles. The third kappa shape index (κ3) is 1.52. The number of carbonyl (C=O) groups is 1. The van der Waals surface area contributed by atoms with Crippen molar-refractivity contribution in [2.45, 2.75) is 25.6 Å². The lowest BCUT2D eigenvalue weighted by atomic mass is 9.69. The molecule has 1 aliphatic heterocycles. The summed E-state index contributed by atoms with van der Waals surface area (Å²) in [5.74, 6) is -0.415. The maximum Gasteiger partial charge on any atom is 0.182 e. The fraction of sp³-hybridized carbons (Fsp3) is 0.636. The second-order valence-corrected chi connectivity index (χ2v) is 5.22. The fourth-order valence-corrected chi connectivity index (χ4v) is 3.34. The number of hydrogen-bond donors (Lipinski definition) is 1. The molecule has 1 N–H and O–H groups in total. The normalized spacial score (nSPS) is 29.5. The zero-order valence-corrected chi connectivity index (χ0v) is 9.19. The molecule has 0 amide bonds. The fourth-order valence-electron chi connectivity index (χ4n) is 2.44. The molecule has 0 aromatic carbocycles. The van der Waals surface area contributed by atoms with Crippen LogP contribution >= 0.6 is 11.3 Å². The van der Waals surface area contributed by atoms with Crippen LogP contribution < -0.4 is 5.32 Å². The van der Waals surface area contributed by atoms with E-state index in [2.05, 4.69) is 10.3 Å². The molecule has 1 aliphatic carbocycles. The second kappa shape index (κ2) is 3.39. The van der Waals surface area contributed by atoms with Gasteiger partial charge in [0, 0.05) is 14.0 Å². The van der Waals surface area contributed by atoms with Crippen LogP contribution in [0.2, 0.25) is 0 Å². The van der Waals surface area contributed by atoms with E-state index in [4.69, 9.17) is 2.74 Å². The zero-order chi connectivity index (χ0) is 12.1. The highest BCUT2D eigenvalue weighted by atomic mass is 32.1. The molecule has 1 aromatic heterocycles. The number of nitrogens with one attached hydrogen (secondary N) is 1. The van der Waals surface area contributed by atoms with Gasteiger partial charge in [0.15, 0.2) is 5.78 Å². The van der Waals surface area contributed by atoms with Gasteiger partial charge in [-0.25, -0.2) is 4.98 Å². The minimum absolute atomic E-state index is 0.365. The van der Waals surface area contributed by atoms with Crippen LogP contribution in [0.15, 0.2) is 5.51 Å². The summed E-state index contributed by atoms with van der Waals surface area (Å²) in [5, 5.41) is 3.24. The van der Waals surface area contributed by atoms with Crippen LogP contribution in [0.3, 0.4) is 0 Å². The predicted molar refractivity (Wildman–Crippen MR) is 59.3 cm³/mol. The molecule has 3 nitrogen and oxygen atoms in total. The smallest absolute Gasteiger partial charge is 0.182 e. The molecule has 0 atom stereocenters. The number of carbonyl (C=O) groups excluding carboxylic acids is 1. The van der Waals surface area contributed by atoms with E-state index in [9.17, 15) is 4.79 Å². The summed E-state index contributed by atoms with van der Waals surface area (Å²) in [6.45, 7) is 1.59. The lowest BCUT2D eigenvalue weighted by Crippen LogP contribution is -2.41. The molecular weight excluding hydrogens is 208 g/mol. The van der Waals surface area contributed by atoms with E-state index in [-0.39, 0.29) is 0 Å². The Balaban J connectivity index is 2.09. The third-order valence-electron chi connectivity index (χ3n) is 3.29. The first kappa shape index (κ1) is 7.52. The average molecular weight is 224 g/mol. The van der Waals surface area contributed by atoms with E-state index in [1.165, 1.54) is 11.3 Å². The number of aromatic nitrogens is 1. The van der Waals surface area contributed by atoms with Crippen molar-refractivity contribution >= 4 is 17.1 Å². The number of ketones is 1. The Bertz CT molecular complexity index is 466. The summed E-state index contributed by atoms with van der Waals surface area (Å²) in [7, 11) is 0. The van der Waals surface area contributed by atoms with Gasteiger partial charge in [0.25, 0.3) is 0 Å². The van der Waals surface area contributed by atoms with Crippen molar-refractivity contribution in [1.29, 1.82) is 0 Å². The van der Waals surface area contributed by atoms with E-state index in [0.29, 0.717) is 12.1 Å². The molecule has 1 aromatic rings. The summed E-state index contributed by atoms with van der Waals surface area (Å²) in [6.07, 6.45) is 0.343. The Kier molecular flexibility index (Phi) is 1.70. The number of fused-ring (bicyclic) bond motifs is 1. The van der Waals surface area contributed by atoms with Crippen molar-refractivity contribution in [3.05, 3.63) is 16.1 Å². The van der Waals surface area contributed by atoms with E-state index in [0.717, 1.165) is 30.8 Å². The third-order valence-corrected chi connectivity index (χ3v) is 4.13. The molecule has 2 aliphatic rings. The van der Waals surface area contributed by atoms with Gasteiger partial charge in [-0.1, -0.05) is 0 Å². The highest BCUT2D eigenvalue weighted by molar-refractivity contribution is 7.10. The van der Waals surface area contributed by atoms with Gasteiger partial charge in [-0.05, 0) is 37.8 Å². The van der Waals surface area contributed by atoms with E-state index >= 15 is 0 Å². The van der Waals surface area contributed by atoms with Crippen molar-refractivity contribution in [3.8, 4) is 0 Å². The van der Waals surface area contributed by atoms with Crippen molar-refractivity contribution in [1.82, 2.24) is 10.3 Å². The lowest BCUT2D eigenvalue weighted by molar-refractivity contribution is 0.0833. The van der Waals surface area contributed by atoms with E-state index in [1.807, 2.05) is 0 Å². The van der Waals surface area contributed by atoms with E-state index in [1.54, 1.807) is 5.51 Å². The molecule has 1 spiro atoms. The van der Waals surface area contributed by atoms with Crippen molar-refractivity contribution in [2.24, 2.45) is 5.41 Å². The molecule has 0 bridgehead atoms. The first-order valence-corrected chi connectivity index (χ1v) is 6.13. The molecule has 80 valence electrons. The lowest BCUT2D eigenvalue weighted by Gasteiger charge is -2.39. The van der Waals surface area contributed by atoms with Gasteiger partial charge in [-0.15, -0.1) is 11.3 Å². The van der Waals surface area contributed by atoms with Gasteiger partial charge >= 0.3 is 0 Å². The maximum atomic E-state index is 12.2. The van der Waals surface area contributed by atoms with Gasteiger partial charge in [0.2, 0.25) is 0 Å². The quantitative estimate of drug-likeness (QED) is 0.728. The van der Waals surface area contributed by atoms with Crippen LogP contribution in [0.25, 0.3) is 0 Å². The van der Waals surface area contributed by atoms with Gasteiger partial charge in [0.05, 0.1) is 5.51 Å². The Morgan fingerprint density at radius 1 is 1.53 bits per heavy atom. The number of hydrogen-bond acceptors (Lipinski definition) is 4. The first-order chi connectivity index (χ1) is 8.07. The Morgan fingerprint density at radius 3 is 3.13 bits per heavy atom. The summed E-state index contributed by atoms with van der Waals surface area (Å²) in [5.41, 5.74) is 1.50. The topological polar surface area (TPSA) is 42.0 Å². The van der Waals surface area contributed by atoms with Crippen LogP contribution in [-0.4, -0.2) is 23.9 Å². The second-order valence-electron chi connectivity index (χ2n) is 4.29. The standard InChI is InChI=1S/C11H14N2OS/c14-8-5-11(1-3-12-4-2-11)6-9-10(8)13-7-15-9/h7,12H,1-6H2/i5D2. The predicted octanol–water partition coefficient (Wildman–Crippen LogP) is 1.64. The molecule has 0 saturated carbocycles. The highest BCUT2D eigenvalue weighted by Gasteiger charge is 2.40. The summed E-state index contributed by atoms with van der Waals surface area (Å²) in [4.78, 5) is 17.2. The molecule has 0 radical (unpaired) electrons. The van der Waals surface area contributed by atoms with Crippen LogP contribution in [0.1, 0.15) is 37.3 Å². The van der Waals surface area contributed by atoms with Crippen molar-refractivity contribution in [3.63, 3.8) is 0 Å². The maximum absolute atomic E-state index is 12.2. The molecule has 3 rings (SSSR count). The van der Waals surface area contributed by atoms with Crippen LogP contribution in [-0.2, 0) is 6.42 Å². The number of rotatable bonds is 0. The highest BCUT2D eigenvalue weighted by Crippen LogP contribution is 2.42. The van der Waals surface area contributed by atoms with E-state index < -0.39 is 17.6 Å². The number of nitrogens with zero attached hydrogens (tertiary/aromatic N) is 1. The van der Waals surface area contributed by atoms with Crippen LogP contribution in [0.5, 0.6) is 0 Å². The summed E-state index contributed by atoms with van der Waals surface area (Å²) < 4.78 is 16.4. The van der Waals surface area contributed by atoms with Crippen LogP contribution in [0, 0.1) is 5.41 Å². The molecule has 15 heavy (non-hydrogen) atoms. The zero-order valence-electron chi connectivity index (χ0n) is 10.4. The Morgan fingerprint density at radius 2 is 2.33 bits per heavy atom. The van der Waals surface area contributed by atoms with Gasteiger partial charge in [-0.2, -0.15) is 0 Å². The number of Topliss-reactive ketones (excluding diaryl/α,β-unsaturated/α-hetero) is 1. The number of piperidine rings is 1. The Hall–Kier alpha value is -0.740.